The molecule has 0 saturated carbocycles. The Kier molecular flexibility index (Phi) is 1.39. The quantitative estimate of drug-likeness (QED) is 0.434. The van der Waals surface area contributed by atoms with Crippen molar-refractivity contribution < 1.29 is 4.74 Å². The molecule has 1 aliphatic rings. The molecule has 1 saturated heterocycles. The van der Waals surface area contributed by atoms with Crippen LogP contribution in [0.4, 0.5) is 0 Å². The first-order valence-corrected chi connectivity index (χ1v) is 3.03. The van der Waals surface area contributed by atoms with Crippen LogP contribution in [-0.2, 0) is 4.74 Å². The predicted octanol–water partition coefficient (Wildman–Crippen LogP) is 1.74. The molecule has 1 rings (SSSR count). The first kappa shape index (κ1) is 5.83. The smallest absolute Gasteiger partial charge is 0.0758 e. The zero-order valence-corrected chi connectivity index (χ0v) is 5.48. The second-order valence-electron chi connectivity index (χ2n) is 2.45. The molecule has 0 N–H and O–H groups in total. The van der Waals surface area contributed by atoms with E-state index in [9.17, 15) is 0 Å². The molecule has 0 aromatic heterocycles. The van der Waals surface area contributed by atoms with Gasteiger partial charge >= 0.3 is 0 Å². The molecule has 0 radical (unpaired) electrons. The van der Waals surface area contributed by atoms with Crippen LogP contribution in [0.25, 0.3) is 0 Å². The molecular formula is C7H12O. The Balaban J connectivity index is 2.51. The summed E-state index contributed by atoms with van der Waals surface area (Å²) in [5.41, 5.74) is 1.23. The van der Waals surface area contributed by atoms with Crippen molar-refractivity contribution in [1.82, 2.24) is 0 Å². The minimum absolute atomic E-state index is 0.296. The standard InChI is InChI=1S/C7H12O/c1-5-4-6(2)8-7(5)3/h6-7H,1,4H2,2-3H3/t6-,7-/m0/s1. The molecule has 0 aromatic carbocycles. The highest BCUT2D eigenvalue weighted by molar-refractivity contribution is 5.06. The van der Waals surface area contributed by atoms with Crippen LogP contribution in [0.2, 0.25) is 0 Å². The lowest BCUT2D eigenvalue weighted by Gasteiger charge is -2.01. The van der Waals surface area contributed by atoms with Gasteiger partial charge in [0.15, 0.2) is 0 Å². The third-order valence-corrected chi connectivity index (χ3v) is 1.56. The van der Waals surface area contributed by atoms with E-state index in [1.807, 2.05) is 6.92 Å². The van der Waals surface area contributed by atoms with Crippen molar-refractivity contribution in [3.8, 4) is 0 Å². The molecule has 0 amide bonds. The highest BCUT2D eigenvalue weighted by Gasteiger charge is 2.20. The molecule has 8 heavy (non-hydrogen) atoms. The van der Waals surface area contributed by atoms with Gasteiger partial charge < -0.3 is 4.74 Å². The number of hydrogen-bond donors (Lipinski definition) is 0. The van der Waals surface area contributed by atoms with Gasteiger partial charge in [-0.05, 0) is 25.8 Å². The maximum atomic E-state index is 5.37. The van der Waals surface area contributed by atoms with Crippen molar-refractivity contribution in [2.75, 3.05) is 0 Å². The fourth-order valence-corrected chi connectivity index (χ4v) is 1.03. The summed E-state index contributed by atoms with van der Waals surface area (Å²) < 4.78 is 5.37. The molecule has 1 fully saturated rings. The average molecular weight is 112 g/mol. The zero-order chi connectivity index (χ0) is 6.15. The summed E-state index contributed by atoms with van der Waals surface area (Å²) in [7, 11) is 0. The molecule has 0 unspecified atom stereocenters. The highest BCUT2D eigenvalue weighted by Crippen LogP contribution is 2.22. The minimum Gasteiger partial charge on any atom is -0.371 e. The van der Waals surface area contributed by atoms with E-state index in [1.54, 1.807) is 0 Å². The molecule has 1 nitrogen and oxygen atoms in total. The van der Waals surface area contributed by atoms with E-state index >= 15 is 0 Å². The van der Waals surface area contributed by atoms with Gasteiger partial charge in [0, 0.05) is 0 Å². The number of hydrogen-bond acceptors (Lipinski definition) is 1. The molecule has 0 spiro atoms. The molecule has 0 aliphatic carbocycles. The first-order valence-electron chi connectivity index (χ1n) is 3.03. The Morgan fingerprint density at radius 1 is 1.62 bits per heavy atom. The summed E-state index contributed by atoms with van der Waals surface area (Å²) in [6.45, 7) is 7.99. The topological polar surface area (TPSA) is 9.23 Å². The normalized spacial score (nSPS) is 38.5. The van der Waals surface area contributed by atoms with Crippen LogP contribution in [0, 0.1) is 0 Å². The molecule has 46 valence electrons. The van der Waals surface area contributed by atoms with Crippen molar-refractivity contribution in [3.05, 3.63) is 12.2 Å². The van der Waals surface area contributed by atoms with Crippen molar-refractivity contribution in [2.45, 2.75) is 32.5 Å². The Bertz CT molecular complexity index is 107. The van der Waals surface area contributed by atoms with Crippen LogP contribution >= 0.6 is 0 Å². The first-order chi connectivity index (χ1) is 3.70. The van der Waals surface area contributed by atoms with Gasteiger partial charge in [0.2, 0.25) is 0 Å². The fourth-order valence-electron chi connectivity index (χ4n) is 1.03. The lowest BCUT2D eigenvalue weighted by molar-refractivity contribution is 0.0746. The summed E-state index contributed by atoms with van der Waals surface area (Å²) in [4.78, 5) is 0. The Hall–Kier alpha value is -0.300. The molecule has 2 atom stereocenters. The highest BCUT2D eigenvalue weighted by atomic mass is 16.5. The van der Waals surface area contributed by atoms with Gasteiger partial charge in [-0.25, -0.2) is 0 Å². The van der Waals surface area contributed by atoms with Gasteiger partial charge in [0.1, 0.15) is 0 Å². The monoisotopic (exact) mass is 112 g/mol. The van der Waals surface area contributed by atoms with Crippen LogP contribution < -0.4 is 0 Å². The van der Waals surface area contributed by atoms with Crippen molar-refractivity contribution in [3.63, 3.8) is 0 Å². The lowest BCUT2D eigenvalue weighted by Crippen LogP contribution is -2.02. The number of rotatable bonds is 0. The average Bonchev–Trinajstić information content (AvgIpc) is 1.85. The van der Waals surface area contributed by atoms with Crippen LogP contribution in [0.3, 0.4) is 0 Å². The zero-order valence-electron chi connectivity index (χ0n) is 5.48. The van der Waals surface area contributed by atoms with E-state index < -0.39 is 0 Å². The van der Waals surface area contributed by atoms with E-state index in [1.165, 1.54) is 5.57 Å². The van der Waals surface area contributed by atoms with Crippen LogP contribution in [0.1, 0.15) is 20.3 Å². The molecule has 1 aliphatic heterocycles. The van der Waals surface area contributed by atoms with Gasteiger partial charge in [0.25, 0.3) is 0 Å². The summed E-state index contributed by atoms with van der Waals surface area (Å²) >= 11 is 0. The van der Waals surface area contributed by atoms with Gasteiger partial charge in [-0.3, -0.25) is 0 Å². The predicted molar refractivity (Wildman–Crippen MR) is 33.8 cm³/mol. The molecule has 0 aromatic rings. The Labute approximate surface area is 50.3 Å². The van der Waals surface area contributed by atoms with Crippen molar-refractivity contribution >= 4 is 0 Å². The van der Waals surface area contributed by atoms with Crippen molar-refractivity contribution in [2.24, 2.45) is 0 Å². The van der Waals surface area contributed by atoms with Gasteiger partial charge in [-0.2, -0.15) is 0 Å². The second-order valence-corrected chi connectivity index (χ2v) is 2.45. The van der Waals surface area contributed by atoms with E-state index in [-0.39, 0.29) is 0 Å². The molecule has 1 heteroatoms. The summed E-state index contributed by atoms with van der Waals surface area (Å²) in [5, 5.41) is 0. The third kappa shape index (κ3) is 0.920. The van der Waals surface area contributed by atoms with Crippen molar-refractivity contribution in [1.29, 1.82) is 0 Å². The summed E-state index contributed by atoms with van der Waals surface area (Å²) in [6.07, 6.45) is 1.74. The van der Waals surface area contributed by atoms with E-state index in [0.717, 1.165) is 6.42 Å². The molecule has 1 heterocycles. The van der Waals surface area contributed by atoms with Crippen LogP contribution in [-0.4, -0.2) is 12.2 Å². The Morgan fingerprint density at radius 3 is 2.38 bits per heavy atom. The van der Waals surface area contributed by atoms with E-state index in [2.05, 4.69) is 13.5 Å². The van der Waals surface area contributed by atoms with Gasteiger partial charge in [-0.15, -0.1) is 0 Å². The van der Waals surface area contributed by atoms with Gasteiger partial charge in [-0.1, -0.05) is 6.58 Å². The van der Waals surface area contributed by atoms with Crippen LogP contribution in [0.5, 0.6) is 0 Å². The molecule has 0 bridgehead atoms. The minimum atomic E-state index is 0.296. The largest absolute Gasteiger partial charge is 0.371 e. The number of ether oxygens (including phenoxy) is 1. The van der Waals surface area contributed by atoms with Crippen LogP contribution in [0.15, 0.2) is 12.2 Å². The fraction of sp³-hybridized carbons (Fsp3) is 0.714. The lowest BCUT2D eigenvalue weighted by atomic mass is 10.1. The maximum absolute atomic E-state index is 5.37. The Morgan fingerprint density at radius 2 is 2.25 bits per heavy atom. The van der Waals surface area contributed by atoms with Gasteiger partial charge in [0.05, 0.1) is 12.2 Å². The third-order valence-electron chi connectivity index (χ3n) is 1.56. The maximum Gasteiger partial charge on any atom is 0.0758 e. The summed E-state index contributed by atoms with van der Waals surface area (Å²) in [5.74, 6) is 0. The summed E-state index contributed by atoms with van der Waals surface area (Å²) in [6, 6.07) is 0. The van der Waals surface area contributed by atoms with E-state index in [0.29, 0.717) is 12.2 Å². The SMILES string of the molecule is C=C1C[C@H](C)O[C@H]1C. The van der Waals surface area contributed by atoms with E-state index in [4.69, 9.17) is 4.74 Å². The molecular weight excluding hydrogens is 100 g/mol. The second kappa shape index (κ2) is 1.90.